The van der Waals surface area contributed by atoms with E-state index in [1.54, 1.807) is 49.6 Å². The predicted octanol–water partition coefficient (Wildman–Crippen LogP) is 4.81. The van der Waals surface area contributed by atoms with Gasteiger partial charge in [-0.05, 0) is 65.3 Å². The van der Waals surface area contributed by atoms with Gasteiger partial charge in [0.25, 0.3) is 10.0 Å². The first-order valence-electron chi connectivity index (χ1n) is 9.79. The normalized spacial score (nSPS) is 11.5. The van der Waals surface area contributed by atoms with E-state index in [-0.39, 0.29) is 24.0 Å². The highest BCUT2D eigenvalue weighted by Crippen LogP contribution is 2.31. The summed E-state index contributed by atoms with van der Waals surface area (Å²) in [7, 11) is -2.37. The Labute approximate surface area is 194 Å². The van der Waals surface area contributed by atoms with Gasteiger partial charge in [0.2, 0.25) is 5.88 Å². The molecule has 1 heterocycles. The molecular weight excluding hydrogens is 496 g/mol. The summed E-state index contributed by atoms with van der Waals surface area (Å²) in [5, 5.41) is 4.81. The molecule has 32 heavy (non-hydrogen) atoms. The molecule has 0 unspecified atom stereocenters. The van der Waals surface area contributed by atoms with Crippen molar-refractivity contribution < 1.29 is 22.6 Å². The zero-order chi connectivity index (χ0) is 22.7. The maximum atomic E-state index is 13.3. The van der Waals surface area contributed by atoms with E-state index in [4.69, 9.17) is 14.2 Å². The smallest absolute Gasteiger partial charge is 0.283 e. The standard InChI is InChI=1S/C23H21BrN2O5S/c1-16-7-10-18(11-8-16)32(27,28)26-21-12-9-17(29-2)15-19(21)23(25-26)31-14-13-30-22-6-4-3-5-20(22)24/h3-12,15H,13-14H2,1-2H3. The summed E-state index contributed by atoms with van der Waals surface area (Å²) in [6.07, 6.45) is 0. The van der Waals surface area contributed by atoms with Gasteiger partial charge in [0.1, 0.15) is 24.7 Å². The maximum Gasteiger partial charge on any atom is 0.283 e. The van der Waals surface area contributed by atoms with Crippen molar-refractivity contribution in [3.8, 4) is 17.4 Å². The van der Waals surface area contributed by atoms with Crippen molar-refractivity contribution in [3.63, 3.8) is 0 Å². The Morgan fingerprint density at radius 2 is 1.69 bits per heavy atom. The van der Waals surface area contributed by atoms with Crippen LogP contribution in [0.5, 0.6) is 17.4 Å². The molecule has 0 aliphatic carbocycles. The summed E-state index contributed by atoms with van der Waals surface area (Å²) in [5.74, 6) is 1.44. The molecule has 0 saturated heterocycles. The van der Waals surface area contributed by atoms with Crippen molar-refractivity contribution in [3.05, 3.63) is 76.8 Å². The molecule has 4 aromatic rings. The van der Waals surface area contributed by atoms with Crippen molar-refractivity contribution >= 4 is 36.9 Å². The lowest BCUT2D eigenvalue weighted by molar-refractivity contribution is 0.212. The van der Waals surface area contributed by atoms with Gasteiger partial charge in [-0.2, -0.15) is 8.42 Å². The number of aromatic nitrogens is 2. The van der Waals surface area contributed by atoms with Crippen LogP contribution in [0.25, 0.3) is 10.9 Å². The summed E-state index contributed by atoms with van der Waals surface area (Å²) in [6.45, 7) is 2.33. The van der Waals surface area contributed by atoms with Crippen LogP contribution < -0.4 is 14.2 Å². The number of para-hydroxylation sites is 1. The van der Waals surface area contributed by atoms with Crippen LogP contribution >= 0.6 is 15.9 Å². The minimum absolute atomic E-state index is 0.145. The first-order chi connectivity index (χ1) is 15.4. The van der Waals surface area contributed by atoms with E-state index in [0.717, 1.165) is 14.1 Å². The average Bonchev–Trinajstić information content (AvgIpc) is 3.16. The third kappa shape index (κ3) is 4.44. The number of nitrogens with zero attached hydrogens (tertiary/aromatic N) is 2. The fourth-order valence-electron chi connectivity index (χ4n) is 3.12. The lowest BCUT2D eigenvalue weighted by Crippen LogP contribution is -2.15. The molecular formula is C23H21BrN2O5S. The fourth-order valence-corrected chi connectivity index (χ4v) is 4.80. The van der Waals surface area contributed by atoms with Crippen LogP contribution in [-0.4, -0.2) is 37.9 Å². The number of ether oxygens (including phenoxy) is 3. The number of hydrogen-bond donors (Lipinski definition) is 0. The van der Waals surface area contributed by atoms with E-state index in [0.29, 0.717) is 22.4 Å². The lowest BCUT2D eigenvalue weighted by atomic mass is 10.2. The molecule has 0 radical (unpaired) electrons. The summed E-state index contributed by atoms with van der Waals surface area (Å²) in [5.41, 5.74) is 1.36. The Morgan fingerprint density at radius 3 is 2.41 bits per heavy atom. The highest BCUT2D eigenvalue weighted by molar-refractivity contribution is 9.10. The molecule has 0 fully saturated rings. The number of fused-ring (bicyclic) bond motifs is 1. The lowest BCUT2D eigenvalue weighted by Gasteiger charge is -2.08. The van der Waals surface area contributed by atoms with E-state index in [2.05, 4.69) is 21.0 Å². The minimum atomic E-state index is -3.91. The quantitative estimate of drug-likeness (QED) is 0.312. The average molecular weight is 517 g/mol. The fraction of sp³-hybridized carbons (Fsp3) is 0.174. The van der Waals surface area contributed by atoms with Gasteiger partial charge in [-0.25, -0.2) is 0 Å². The van der Waals surface area contributed by atoms with Crippen molar-refractivity contribution in [1.82, 2.24) is 9.19 Å². The highest BCUT2D eigenvalue weighted by Gasteiger charge is 2.24. The summed E-state index contributed by atoms with van der Waals surface area (Å²) in [4.78, 5) is 0.145. The highest BCUT2D eigenvalue weighted by atomic mass is 79.9. The molecule has 0 N–H and O–H groups in total. The van der Waals surface area contributed by atoms with Crippen molar-refractivity contribution in [2.24, 2.45) is 0 Å². The molecule has 9 heteroatoms. The molecule has 0 spiro atoms. The number of aryl methyl sites for hydroxylation is 1. The van der Waals surface area contributed by atoms with Gasteiger partial charge in [0.15, 0.2) is 0 Å². The SMILES string of the molecule is COc1ccc2c(c1)c(OCCOc1ccccc1Br)nn2S(=O)(=O)c1ccc(C)cc1. The summed E-state index contributed by atoms with van der Waals surface area (Å²) >= 11 is 3.43. The molecule has 1 aromatic heterocycles. The second-order valence-electron chi connectivity index (χ2n) is 6.98. The van der Waals surface area contributed by atoms with Crippen LogP contribution in [0.2, 0.25) is 0 Å². The van der Waals surface area contributed by atoms with Crippen molar-refractivity contribution in [1.29, 1.82) is 0 Å². The van der Waals surface area contributed by atoms with Gasteiger partial charge in [0.05, 0.1) is 27.4 Å². The van der Waals surface area contributed by atoms with Gasteiger partial charge >= 0.3 is 0 Å². The van der Waals surface area contributed by atoms with E-state index < -0.39 is 10.0 Å². The second-order valence-corrected chi connectivity index (χ2v) is 9.60. The van der Waals surface area contributed by atoms with Gasteiger partial charge in [-0.15, -0.1) is 9.19 Å². The Balaban J connectivity index is 1.63. The van der Waals surface area contributed by atoms with Crippen LogP contribution in [0.3, 0.4) is 0 Å². The molecule has 7 nitrogen and oxygen atoms in total. The molecule has 0 amide bonds. The largest absolute Gasteiger partial charge is 0.497 e. The van der Waals surface area contributed by atoms with E-state index in [9.17, 15) is 8.42 Å². The minimum Gasteiger partial charge on any atom is -0.497 e. The molecule has 0 bridgehead atoms. The first-order valence-corrected chi connectivity index (χ1v) is 12.0. The van der Waals surface area contributed by atoms with Crippen LogP contribution in [0.1, 0.15) is 5.56 Å². The zero-order valence-electron chi connectivity index (χ0n) is 17.5. The molecule has 4 rings (SSSR count). The zero-order valence-corrected chi connectivity index (χ0v) is 19.9. The first kappa shape index (κ1) is 22.2. The predicted molar refractivity (Wildman–Crippen MR) is 125 cm³/mol. The van der Waals surface area contributed by atoms with Crippen LogP contribution in [-0.2, 0) is 10.0 Å². The molecule has 0 aliphatic heterocycles. The number of methoxy groups -OCH3 is 1. The topological polar surface area (TPSA) is 79.7 Å². The van der Waals surface area contributed by atoms with Gasteiger partial charge in [-0.3, -0.25) is 0 Å². The molecule has 0 atom stereocenters. The van der Waals surface area contributed by atoms with Crippen LogP contribution in [0, 0.1) is 6.92 Å². The molecule has 0 aliphatic rings. The third-order valence-corrected chi connectivity index (χ3v) is 7.04. The van der Waals surface area contributed by atoms with Gasteiger partial charge in [0, 0.05) is 0 Å². The number of benzene rings is 3. The third-order valence-electron chi connectivity index (χ3n) is 4.78. The van der Waals surface area contributed by atoms with E-state index >= 15 is 0 Å². The maximum absolute atomic E-state index is 13.3. The van der Waals surface area contributed by atoms with Crippen molar-refractivity contribution in [2.45, 2.75) is 11.8 Å². The van der Waals surface area contributed by atoms with Gasteiger partial charge < -0.3 is 14.2 Å². The number of hydrogen-bond acceptors (Lipinski definition) is 6. The van der Waals surface area contributed by atoms with Gasteiger partial charge in [-0.1, -0.05) is 29.8 Å². The summed E-state index contributed by atoms with van der Waals surface area (Å²) < 4.78 is 45.2. The second kappa shape index (κ2) is 9.22. The Kier molecular flexibility index (Phi) is 6.38. The van der Waals surface area contributed by atoms with Crippen molar-refractivity contribution in [2.75, 3.05) is 20.3 Å². The van der Waals surface area contributed by atoms with E-state index in [1.165, 1.54) is 0 Å². The number of rotatable bonds is 8. The van der Waals surface area contributed by atoms with Crippen LogP contribution in [0.15, 0.2) is 76.1 Å². The van der Waals surface area contributed by atoms with Crippen LogP contribution in [0.4, 0.5) is 0 Å². The van der Waals surface area contributed by atoms with E-state index in [1.807, 2.05) is 31.2 Å². The molecule has 0 saturated carbocycles. The Hall–Kier alpha value is -3.04. The number of halogens is 1. The molecule has 3 aromatic carbocycles. The Morgan fingerprint density at radius 1 is 0.969 bits per heavy atom. The summed E-state index contributed by atoms with van der Waals surface area (Å²) in [6, 6.07) is 19.2. The Bertz CT molecular complexity index is 1350. The molecule has 166 valence electrons. The monoisotopic (exact) mass is 516 g/mol.